The van der Waals surface area contributed by atoms with E-state index in [1.54, 1.807) is 6.08 Å². The molecule has 0 unspecified atom stereocenters. The fourth-order valence-corrected chi connectivity index (χ4v) is 1.65. The summed E-state index contributed by atoms with van der Waals surface area (Å²) in [5, 5.41) is 2.77. The predicted octanol–water partition coefficient (Wildman–Crippen LogP) is 1.07. The average Bonchev–Trinajstić information content (AvgIpc) is 2.56. The molecule has 16 heavy (non-hydrogen) atoms. The van der Waals surface area contributed by atoms with E-state index < -0.39 is 0 Å². The Hall–Kier alpha value is -2.10. The van der Waals surface area contributed by atoms with Crippen LogP contribution < -0.4 is 11.1 Å². The predicted molar refractivity (Wildman–Crippen MR) is 61.6 cm³/mol. The molecule has 82 valence electrons. The van der Waals surface area contributed by atoms with E-state index in [-0.39, 0.29) is 18.2 Å². The Labute approximate surface area is 93.1 Å². The van der Waals surface area contributed by atoms with Gasteiger partial charge in [-0.2, -0.15) is 0 Å². The second kappa shape index (κ2) is 4.18. The minimum atomic E-state index is -0.356. The van der Waals surface area contributed by atoms with Gasteiger partial charge in [0.05, 0.1) is 6.42 Å². The van der Waals surface area contributed by atoms with Crippen LogP contribution >= 0.6 is 0 Å². The Morgan fingerprint density at radius 2 is 2.31 bits per heavy atom. The third-order valence-corrected chi connectivity index (χ3v) is 2.39. The second-order valence-corrected chi connectivity index (χ2v) is 3.71. The summed E-state index contributed by atoms with van der Waals surface area (Å²) in [6.45, 7) is 0. The molecule has 3 N–H and O–H groups in total. The fourth-order valence-electron chi connectivity index (χ4n) is 1.65. The van der Waals surface area contributed by atoms with Gasteiger partial charge >= 0.3 is 0 Å². The molecule has 0 atom stereocenters. The number of rotatable bonds is 3. The fraction of sp³-hybridized carbons (Fsp3) is 0.167. The summed E-state index contributed by atoms with van der Waals surface area (Å²) in [5.74, 6) is -0.334. The molecular formula is C12H12N2O2. The van der Waals surface area contributed by atoms with E-state index in [1.165, 1.54) is 0 Å². The van der Waals surface area contributed by atoms with Gasteiger partial charge < -0.3 is 11.1 Å². The molecule has 2 amide bonds. The molecule has 4 heteroatoms. The highest BCUT2D eigenvalue weighted by molar-refractivity contribution is 5.99. The van der Waals surface area contributed by atoms with E-state index in [1.807, 2.05) is 24.3 Å². The SMILES string of the molecule is NC(=O)CC=Cc1ccc2c(c1)NC(=O)C2. The number of hydrogen-bond acceptors (Lipinski definition) is 2. The van der Waals surface area contributed by atoms with Crippen LogP contribution in [0.3, 0.4) is 0 Å². The van der Waals surface area contributed by atoms with Crippen molar-refractivity contribution < 1.29 is 9.59 Å². The van der Waals surface area contributed by atoms with Gasteiger partial charge in [-0.25, -0.2) is 0 Å². The van der Waals surface area contributed by atoms with Gasteiger partial charge in [0.15, 0.2) is 0 Å². The quantitative estimate of drug-likeness (QED) is 0.793. The van der Waals surface area contributed by atoms with Crippen molar-refractivity contribution in [3.8, 4) is 0 Å². The third kappa shape index (κ3) is 2.28. The number of carbonyl (C=O) groups excluding carboxylic acids is 2. The summed E-state index contributed by atoms with van der Waals surface area (Å²) in [7, 11) is 0. The molecule has 2 rings (SSSR count). The molecule has 0 aliphatic carbocycles. The van der Waals surface area contributed by atoms with Crippen LogP contribution in [0.25, 0.3) is 6.08 Å². The normalized spacial score (nSPS) is 13.9. The summed E-state index contributed by atoms with van der Waals surface area (Å²) in [6.07, 6.45) is 4.19. The highest BCUT2D eigenvalue weighted by Crippen LogP contribution is 2.24. The first-order valence-electron chi connectivity index (χ1n) is 5.03. The van der Waals surface area contributed by atoms with Crippen molar-refractivity contribution in [3.05, 3.63) is 35.4 Å². The van der Waals surface area contributed by atoms with E-state index in [9.17, 15) is 9.59 Å². The summed E-state index contributed by atoms with van der Waals surface area (Å²) < 4.78 is 0. The van der Waals surface area contributed by atoms with Crippen molar-refractivity contribution in [2.24, 2.45) is 5.73 Å². The number of nitrogens with one attached hydrogen (secondary N) is 1. The average molecular weight is 216 g/mol. The highest BCUT2D eigenvalue weighted by Gasteiger charge is 2.16. The Morgan fingerprint density at radius 3 is 3.06 bits per heavy atom. The maximum Gasteiger partial charge on any atom is 0.228 e. The van der Waals surface area contributed by atoms with Crippen molar-refractivity contribution in [2.45, 2.75) is 12.8 Å². The van der Waals surface area contributed by atoms with E-state index in [2.05, 4.69) is 5.32 Å². The first kappa shape index (κ1) is 10.4. The van der Waals surface area contributed by atoms with Gasteiger partial charge in [0.25, 0.3) is 0 Å². The van der Waals surface area contributed by atoms with Crippen molar-refractivity contribution in [1.82, 2.24) is 0 Å². The number of hydrogen-bond donors (Lipinski definition) is 2. The van der Waals surface area contributed by atoms with Crippen molar-refractivity contribution in [2.75, 3.05) is 5.32 Å². The van der Waals surface area contributed by atoms with Crippen LogP contribution in [-0.2, 0) is 16.0 Å². The molecule has 0 aromatic heterocycles. The van der Waals surface area contributed by atoms with Crippen LogP contribution in [0.1, 0.15) is 17.5 Å². The molecule has 1 aliphatic heterocycles. The molecule has 4 nitrogen and oxygen atoms in total. The largest absolute Gasteiger partial charge is 0.369 e. The number of nitrogens with two attached hydrogens (primary N) is 1. The zero-order chi connectivity index (χ0) is 11.5. The minimum Gasteiger partial charge on any atom is -0.369 e. The standard InChI is InChI=1S/C12H12N2O2/c13-11(15)3-1-2-8-4-5-9-7-12(16)14-10(9)6-8/h1-2,4-6H,3,7H2,(H2,13,15)(H,14,16). The first-order chi connectivity index (χ1) is 7.65. The third-order valence-electron chi connectivity index (χ3n) is 2.39. The van der Waals surface area contributed by atoms with Crippen molar-refractivity contribution in [3.63, 3.8) is 0 Å². The highest BCUT2D eigenvalue weighted by atomic mass is 16.2. The van der Waals surface area contributed by atoms with Crippen molar-refractivity contribution >= 4 is 23.6 Å². The monoisotopic (exact) mass is 216 g/mol. The Balaban J connectivity index is 2.13. The molecular weight excluding hydrogens is 204 g/mol. The number of benzene rings is 1. The maximum atomic E-state index is 11.1. The Kier molecular flexibility index (Phi) is 2.72. The molecule has 0 saturated heterocycles. The molecule has 0 fully saturated rings. The lowest BCUT2D eigenvalue weighted by Crippen LogP contribution is -2.07. The van der Waals surface area contributed by atoms with Gasteiger partial charge in [0.2, 0.25) is 11.8 Å². The number of carbonyl (C=O) groups is 2. The van der Waals surface area contributed by atoms with E-state index in [4.69, 9.17) is 5.73 Å². The second-order valence-electron chi connectivity index (χ2n) is 3.71. The van der Waals surface area contributed by atoms with Gasteiger partial charge in [0, 0.05) is 12.1 Å². The number of anilines is 1. The van der Waals surface area contributed by atoms with E-state index in [0.29, 0.717) is 6.42 Å². The molecule has 1 aromatic rings. The van der Waals surface area contributed by atoms with Gasteiger partial charge in [0.1, 0.15) is 0 Å². The van der Waals surface area contributed by atoms with Crippen LogP contribution in [0.4, 0.5) is 5.69 Å². The number of primary amides is 1. The molecule has 1 aliphatic rings. The number of fused-ring (bicyclic) bond motifs is 1. The topological polar surface area (TPSA) is 72.2 Å². The van der Waals surface area contributed by atoms with E-state index in [0.717, 1.165) is 16.8 Å². The molecule has 0 bridgehead atoms. The Morgan fingerprint density at radius 1 is 1.50 bits per heavy atom. The van der Waals surface area contributed by atoms with Crippen LogP contribution in [0.5, 0.6) is 0 Å². The van der Waals surface area contributed by atoms with E-state index >= 15 is 0 Å². The molecule has 0 spiro atoms. The lowest BCUT2D eigenvalue weighted by Gasteiger charge is -1.99. The van der Waals surface area contributed by atoms with Gasteiger partial charge in [-0.3, -0.25) is 9.59 Å². The zero-order valence-electron chi connectivity index (χ0n) is 8.69. The minimum absolute atomic E-state index is 0.0215. The molecule has 1 aromatic carbocycles. The van der Waals surface area contributed by atoms with Crippen LogP contribution in [0, 0.1) is 0 Å². The van der Waals surface area contributed by atoms with Crippen LogP contribution in [0.2, 0.25) is 0 Å². The summed E-state index contributed by atoms with van der Waals surface area (Å²) >= 11 is 0. The first-order valence-corrected chi connectivity index (χ1v) is 5.03. The number of amides is 2. The van der Waals surface area contributed by atoms with Crippen LogP contribution in [-0.4, -0.2) is 11.8 Å². The van der Waals surface area contributed by atoms with Gasteiger partial charge in [-0.15, -0.1) is 0 Å². The van der Waals surface area contributed by atoms with Crippen molar-refractivity contribution in [1.29, 1.82) is 0 Å². The molecule has 1 heterocycles. The summed E-state index contributed by atoms with van der Waals surface area (Å²) in [4.78, 5) is 21.7. The van der Waals surface area contributed by atoms with Crippen LogP contribution in [0.15, 0.2) is 24.3 Å². The summed E-state index contributed by atoms with van der Waals surface area (Å²) in [6, 6.07) is 5.71. The lowest BCUT2D eigenvalue weighted by atomic mass is 10.1. The maximum absolute atomic E-state index is 11.1. The smallest absolute Gasteiger partial charge is 0.228 e. The van der Waals surface area contributed by atoms with Gasteiger partial charge in [-0.1, -0.05) is 24.3 Å². The molecule has 0 radical (unpaired) electrons. The van der Waals surface area contributed by atoms with Gasteiger partial charge in [-0.05, 0) is 17.2 Å². The summed E-state index contributed by atoms with van der Waals surface area (Å²) in [5.41, 5.74) is 7.83. The lowest BCUT2D eigenvalue weighted by molar-refractivity contribution is -0.117. The molecule has 0 saturated carbocycles. The zero-order valence-corrected chi connectivity index (χ0v) is 8.69. The Bertz CT molecular complexity index is 478.